The summed E-state index contributed by atoms with van der Waals surface area (Å²) >= 11 is 0. The van der Waals surface area contributed by atoms with Gasteiger partial charge < -0.3 is 40.7 Å². The standard InChI is InChI=1S/C48H58N6O7/c1-32(50-31-42(56)39-16-18-41(55)47-40(39)17-19-43(57)51-47)28-33-10-8-11-34(29-33)30-44(58)49-23-6-7-24-53(2)45(59)22-27-54-25-20-36(21-26-54)38-15-9-14-37(46(38)52-48(60)61)35-12-4-3-5-13-35/h3-5,8-19,29,32,36,42,50,52,55-56H,6-7,20-28,30-31H2,1-2H3,(H,49,58)(H,51,57)(H,60,61)/t32?,42-/m0/s1. The molecule has 6 rings (SSSR count). The van der Waals surface area contributed by atoms with Gasteiger partial charge in [-0.3, -0.25) is 19.7 Å². The Bertz CT molecular complexity index is 2330. The van der Waals surface area contributed by atoms with Crippen molar-refractivity contribution in [1.29, 1.82) is 0 Å². The Labute approximate surface area is 356 Å². The van der Waals surface area contributed by atoms with Crippen molar-refractivity contribution in [2.75, 3.05) is 51.6 Å². The Morgan fingerprint density at radius 3 is 2.44 bits per heavy atom. The third kappa shape index (κ3) is 12.5. The number of carbonyl (C=O) groups excluding carboxylic acids is 2. The van der Waals surface area contributed by atoms with Gasteiger partial charge in [-0.25, -0.2) is 4.79 Å². The van der Waals surface area contributed by atoms with Crippen molar-refractivity contribution >= 4 is 34.5 Å². The summed E-state index contributed by atoms with van der Waals surface area (Å²) in [5, 5.41) is 40.4. The third-order valence-electron chi connectivity index (χ3n) is 11.6. The van der Waals surface area contributed by atoms with Gasteiger partial charge in [-0.05, 0) is 98.0 Å². The molecule has 0 bridgehead atoms. The minimum absolute atomic E-state index is 0.0268. The van der Waals surface area contributed by atoms with Crippen LogP contribution in [0.1, 0.15) is 73.3 Å². The number of phenolic OH excluding ortho intramolecular Hbond substituents is 1. The van der Waals surface area contributed by atoms with Crippen LogP contribution >= 0.6 is 0 Å². The van der Waals surface area contributed by atoms with Crippen LogP contribution in [-0.4, -0.2) is 100 Å². The third-order valence-corrected chi connectivity index (χ3v) is 11.6. The van der Waals surface area contributed by atoms with Crippen molar-refractivity contribution in [3.05, 3.63) is 130 Å². The summed E-state index contributed by atoms with van der Waals surface area (Å²) < 4.78 is 0. The average molecular weight is 831 g/mol. The fourth-order valence-electron chi connectivity index (χ4n) is 8.27. The Kier molecular flexibility index (Phi) is 15.7. The molecule has 1 unspecified atom stereocenters. The smallest absolute Gasteiger partial charge is 0.409 e. The molecule has 3 amide bonds. The summed E-state index contributed by atoms with van der Waals surface area (Å²) in [6.07, 6.45) is 2.75. The van der Waals surface area contributed by atoms with E-state index in [1.54, 1.807) is 17.0 Å². The molecule has 13 heteroatoms. The Balaban J connectivity index is 0.857. The largest absolute Gasteiger partial charge is 0.506 e. The maximum absolute atomic E-state index is 13.0. The van der Waals surface area contributed by atoms with Gasteiger partial charge in [0.25, 0.3) is 0 Å². The zero-order valence-corrected chi connectivity index (χ0v) is 35.0. The highest BCUT2D eigenvalue weighted by atomic mass is 16.4. The van der Waals surface area contributed by atoms with Crippen molar-refractivity contribution in [3.63, 3.8) is 0 Å². The molecule has 1 aliphatic heterocycles. The van der Waals surface area contributed by atoms with E-state index in [2.05, 4.69) is 25.8 Å². The SMILES string of the molecule is CC(Cc1cccc(CC(=O)NCCCCN(C)C(=O)CCN2CCC(c3cccc(-c4ccccc4)c3NC(=O)O)CC2)c1)NC[C@H](O)c1ccc(O)c2[nH]c(=O)ccc12. The van der Waals surface area contributed by atoms with Gasteiger partial charge in [-0.2, -0.15) is 0 Å². The summed E-state index contributed by atoms with van der Waals surface area (Å²) in [6, 6.07) is 29.8. The number of carboxylic acid groups (broad SMARTS) is 1. The first-order valence-corrected chi connectivity index (χ1v) is 21.2. The number of fused-ring (bicyclic) bond motifs is 1. The first-order chi connectivity index (χ1) is 29.4. The molecular formula is C48H58N6O7. The van der Waals surface area contributed by atoms with Crippen LogP contribution in [0.15, 0.2) is 102 Å². The fraction of sp³-hybridized carbons (Fsp3) is 0.375. The number of benzene rings is 4. The van der Waals surface area contributed by atoms with Crippen molar-refractivity contribution in [1.82, 2.24) is 25.4 Å². The van der Waals surface area contributed by atoms with Gasteiger partial charge in [-0.15, -0.1) is 0 Å². The number of hydrogen-bond acceptors (Lipinski definition) is 8. The number of aliphatic hydroxyl groups is 1. The number of hydrogen-bond donors (Lipinski definition) is 7. The second kappa shape index (κ2) is 21.5. The lowest BCUT2D eigenvalue weighted by molar-refractivity contribution is -0.130. The zero-order valence-electron chi connectivity index (χ0n) is 35.0. The van der Waals surface area contributed by atoms with Gasteiger partial charge in [0.05, 0.1) is 23.7 Å². The van der Waals surface area contributed by atoms with E-state index in [-0.39, 0.29) is 48.0 Å². The van der Waals surface area contributed by atoms with Gasteiger partial charge in [0.1, 0.15) is 5.75 Å². The predicted octanol–water partition coefficient (Wildman–Crippen LogP) is 6.41. The number of carbonyl (C=O) groups is 3. The van der Waals surface area contributed by atoms with E-state index >= 15 is 0 Å². The van der Waals surface area contributed by atoms with Crippen LogP contribution in [-0.2, 0) is 22.4 Å². The summed E-state index contributed by atoms with van der Waals surface area (Å²) in [6.45, 7) is 5.80. The normalized spacial score (nSPS) is 14.3. The summed E-state index contributed by atoms with van der Waals surface area (Å²) in [5.41, 5.74) is 6.06. The Morgan fingerprint density at radius 1 is 0.918 bits per heavy atom. The second-order valence-corrected chi connectivity index (χ2v) is 16.1. The molecular weight excluding hydrogens is 773 g/mol. The number of pyridine rings is 1. The number of nitrogens with one attached hydrogen (secondary N) is 4. The van der Waals surface area contributed by atoms with Gasteiger partial charge in [0.15, 0.2) is 0 Å². The van der Waals surface area contributed by atoms with E-state index in [1.807, 2.05) is 86.8 Å². The van der Waals surface area contributed by atoms with Crippen LogP contribution in [0.4, 0.5) is 10.5 Å². The highest BCUT2D eigenvalue weighted by molar-refractivity contribution is 5.92. The maximum Gasteiger partial charge on any atom is 0.409 e. The molecule has 0 aliphatic carbocycles. The molecule has 0 radical (unpaired) electrons. The number of aromatic nitrogens is 1. The summed E-state index contributed by atoms with van der Waals surface area (Å²) in [7, 11) is 1.83. The van der Waals surface area contributed by atoms with Crippen LogP contribution in [0.2, 0.25) is 0 Å². The van der Waals surface area contributed by atoms with Crippen LogP contribution in [0.3, 0.4) is 0 Å². The highest BCUT2D eigenvalue weighted by Crippen LogP contribution is 2.39. The minimum Gasteiger partial charge on any atom is -0.506 e. The summed E-state index contributed by atoms with van der Waals surface area (Å²) in [5.74, 6) is 0.206. The number of unbranched alkanes of at least 4 members (excludes halogenated alkanes) is 1. The highest BCUT2D eigenvalue weighted by Gasteiger charge is 2.25. The minimum atomic E-state index is -1.08. The topological polar surface area (TPSA) is 187 Å². The lowest BCUT2D eigenvalue weighted by atomic mass is 9.86. The molecule has 13 nitrogen and oxygen atoms in total. The quantitative estimate of drug-likeness (QED) is 0.0462. The molecule has 1 aliphatic rings. The maximum atomic E-state index is 13.0. The molecule has 61 heavy (non-hydrogen) atoms. The first-order valence-electron chi connectivity index (χ1n) is 21.2. The van der Waals surface area contributed by atoms with Crippen LogP contribution in [0, 0.1) is 0 Å². The molecule has 2 heterocycles. The van der Waals surface area contributed by atoms with Gasteiger partial charge in [0.2, 0.25) is 17.4 Å². The number of likely N-dealkylation sites (tertiary alicyclic amines) is 1. The molecule has 2 atom stereocenters. The number of aromatic hydroxyl groups is 1. The molecule has 7 N–H and O–H groups in total. The number of rotatable bonds is 19. The van der Waals surface area contributed by atoms with E-state index in [1.165, 1.54) is 12.1 Å². The number of anilines is 1. The van der Waals surface area contributed by atoms with Gasteiger partial charge in [0, 0.05) is 62.7 Å². The molecule has 322 valence electrons. The number of phenols is 1. The fourth-order valence-corrected chi connectivity index (χ4v) is 8.27. The molecule has 1 fully saturated rings. The molecule has 5 aromatic rings. The average Bonchev–Trinajstić information content (AvgIpc) is 3.25. The van der Waals surface area contributed by atoms with Crippen LogP contribution in [0.5, 0.6) is 5.75 Å². The lowest BCUT2D eigenvalue weighted by Crippen LogP contribution is -2.37. The number of H-pyrrole nitrogens is 1. The van der Waals surface area contributed by atoms with Crippen LogP contribution in [0.25, 0.3) is 22.0 Å². The van der Waals surface area contributed by atoms with E-state index in [4.69, 9.17) is 0 Å². The van der Waals surface area contributed by atoms with Crippen molar-refractivity contribution in [3.8, 4) is 16.9 Å². The first kappa shape index (κ1) is 44.5. The number of nitrogens with zero attached hydrogens (tertiary/aromatic N) is 2. The number of aliphatic hydroxyl groups excluding tert-OH is 1. The monoisotopic (exact) mass is 830 g/mol. The Morgan fingerprint density at radius 2 is 1.67 bits per heavy atom. The van der Waals surface area contributed by atoms with E-state index in [0.717, 1.165) is 66.6 Å². The lowest BCUT2D eigenvalue weighted by Gasteiger charge is -2.33. The zero-order chi connectivity index (χ0) is 43.3. The Hall–Kier alpha value is -6.02. The van der Waals surface area contributed by atoms with Crippen molar-refractivity contribution in [2.45, 2.75) is 69.9 Å². The van der Waals surface area contributed by atoms with Gasteiger partial charge >= 0.3 is 6.09 Å². The predicted molar refractivity (Wildman–Crippen MR) is 239 cm³/mol. The van der Waals surface area contributed by atoms with Gasteiger partial charge in [-0.1, -0.05) is 78.9 Å². The van der Waals surface area contributed by atoms with E-state index < -0.39 is 12.2 Å². The number of aromatic amines is 1. The number of para-hydroxylation sites is 1. The molecule has 0 spiro atoms. The summed E-state index contributed by atoms with van der Waals surface area (Å²) in [4.78, 5) is 56.0. The van der Waals surface area contributed by atoms with Crippen LogP contribution < -0.4 is 21.5 Å². The van der Waals surface area contributed by atoms with E-state index in [0.29, 0.717) is 54.6 Å². The molecule has 1 aromatic heterocycles. The second-order valence-electron chi connectivity index (χ2n) is 16.1. The van der Waals surface area contributed by atoms with Crippen molar-refractivity contribution in [2.24, 2.45) is 0 Å². The number of piperidine rings is 1. The molecule has 4 aromatic carbocycles. The van der Waals surface area contributed by atoms with E-state index in [9.17, 15) is 34.5 Å². The molecule has 0 saturated carbocycles. The number of amides is 3. The molecule has 1 saturated heterocycles. The van der Waals surface area contributed by atoms with Crippen molar-refractivity contribution < 1.29 is 29.7 Å².